The molecule has 0 saturated carbocycles. The molecule has 0 unspecified atom stereocenters. The number of para-hydroxylation sites is 1. The third kappa shape index (κ3) is 2.39. The largest absolute Gasteiger partial charge is 0.464 e. The summed E-state index contributed by atoms with van der Waals surface area (Å²) in [6.07, 6.45) is -1.90. The summed E-state index contributed by atoms with van der Waals surface area (Å²) in [5.41, 5.74) is -1.82. The molecule has 0 heterocycles. The molecular weight excluding hydrogens is 297 g/mol. The second-order valence-corrected chi connectivity index (χ2v) is 3.87. The first-order valence-electron chi connectivity index (χ1n) is 5.45. The van der Waals surface area contributed by atoms with Crippen molar-refractivity contribution in [2.45, 2.75) is 0 Å². The van der Waals surface area contributed by atoms with Crippen molar-refractivity contribution in [3.63, 3.8) is 0 Å². The maximum absolute atomic E-state index is 13.7. The molecule has 2 aromatic rings. The summed E-state index contributed by atoms with van der Waals surface area (Å²) in [6, 6.07) is 6.47. The summed E-state index contributed by atoms with van der Waals surface area (Å²) in [5.74, 6) is -11.2. The Morgan fingerprint density at radius 1 is 0.810 bits per heavy atom. The van der Waals surface area contributed by atoms with Crippen LogP contribution in [0, 0.1) is 29.1 Å². The quantitative estimate of drug-likeness (QED) is 0.513. The Balaban J connectivity index is 2.77. The van der Waals surface area contributed by atoms with E-state index < -0.39 is 40.9 Å². The van der Waals surface area contributed by atoms with Crippen molar-refractivity contribution in [2.75, 3.05) is 4.90 Å². The molecule has 0 bridgehead atoms. The molecule has 0 aliphatic rings. The Labute approximate surface area is 114 Å². The van der Waals surface area contributed by atoms with E-state index in [1.165, 1.54) is 18.2 Å². The van der Waals surface area contributed by atoms with Crippen molar-refractivity contribution in [3.05, 3.63) is 59.4 Å². The van der Waals surface area contributed by atoms with Crippen LogP contribution in [0.5, 0.6) is 0 Å². The van der Waals surface area contributed by atoms with E-state index in [0.717, 1.165) is 12.1 Å². The Morgan fingerprint density at radius 3 is 1.67 bits per heavy atom. The fraction of sp³-hybridized carbons (Fsp3) is 0. The zero-order valence-electron chi connectivity index (χ0n) is 10.1. The van der Waals surface area contributed by atoms with Gasteiger partial charge in [-0.3, -0.25) is 0 Å². The maximum Gasteiger partial charge on any atom is 0.416 e. The highest BCUT2D eigenvalue weighted by atomic mass is 19.2. The summed E-state index contributed by atoms with van der Waals surface area (Å²) in [4.78, 5) is 11.1. The van der Waals surface area contributed by atoms with E-state index in [2.05, 4.69) is 0 Å². The number of anilines is 2. The van der Waals surface area contributed by atoms with Gasteiger partial charge in [-0.2, -0.15) is 0 Å². The number of nitrogens with zero attached hydrogens (tertiary/aromatic N) is 1. The SMILES string of the molecule is O=C(O)N(c1ccccc1)c1c(F)c(F)c(F)c(F)c1F. The highest BCUT2D eigenvalue weighted by Crippen LogP contribution is 2.34. The topological polar surface area (TPSA) is 40.5 Å². The Bertz CT molecular complexity index is 676. The molecule has 0 spiro atoms. The average Bonchev–Trinajstić information content (AvgIpc) is 2.48. The highest BCUT2D eigenvalue weighted by molar-refractivity contribution is 5.95. The zero-order chi connectivity index (χ0) is 15.7. The molecule has 0 radical (unpaired) electrons. The normalized spacial score (nSPS) is 10.5. The molecule has 1 amide bonds. The highest BCUT2D eigenvalue weighted by Gasteiger charge is 2.32. The van der Waals surface area contributed by atoms with Crippen molar-refractivity contribution in [1.82, 2.24) is 0 Å². The monoisotopic (exact) mass is 303 g/mol. The van der Waals surface area contributed by atoms with Crippen LogP contribution in [-0.2, 0) is 0 Å². The molecule has 2 aromatic carbocycles. The van der Waals surface area contributed by atoms with Crippen molar-refractivity contribution < 1.29 is 31.9 Å². The predicted octanol–water partition coefficient (Wildman–Crippen LogP) is 4.20. The van der Waals surface area contributed by atoms with Crippen LogP contribution in [0.3, 0.4) is 0 Å². The Kier molecular flexibility index (Phi) is 3.79. The molecule has 110 valence electrons. The fourth-order valence-electron chi connectivity index (χ4n) is 1.70. The van der Waals surface area contributed by atoms with Crippen LogP contribution in [0.1, 0.15) is 0 Å². The van der Waals surface area contributed by atoms with Gasteiger partial charge in [0.15, 0.2) is 23.3 Å². The minimum Gasteiger partial charge on any atom is -0.464 e. The van der Waals surface area contributed by atoms with Crippen molar-refractivity contribution >= 4 is 17.5 Å². The molecule has 0 atom stereocenters. The molecule has 8 heteroatoms. The number of carbonyl (C=O) groups is 1. The van der Waals surface area contributed by atoms with Gasteiger partial charge in [-0.05, 0) is 12.1 Å². The van der Waals surface area contributed by atoms with Gasteiger partial charge in [-0.1, -0.05) is 18.2 Å². The first-order valence-corrected chi connectivity index (χ1v) is 5.45. The van der Waals surface area contributed by atoms with Crippen molar-refractivity contribution in [1.29, 1.82) is 0 Å². The van der Waals surface area contributed by atoms with Gasteiger partial charge in [0, 0.05) is 0 Å². The van der Waals surface area contributed by atoms with Gasteiger partial charge in [-0.25, -0.2) is 31.6 Å². The van der Waals surface area contributed by atoms with Crippen LogP contribution in [0.2, 0.25) is 0 Å². The third-order valence-electron chi connectivity index (χ3n) is 2.62. The Morgan fingerprint density at radius 2 is 1.24 bits per heavy atom. The zero-order valence-corrected chi connectivity index (χ0v) is 10.1. The molecule has 0 aromatic heterocycles. The summed E-state index contributed by atoms with van der Waals surface area (Å²) in [5, 5.41) is 9.03. The number of hydrogen-bond acceptors (Lipinski definition) is 1. The van der Waals surface area contributed by atoms with Crippen LogP contribution in [-0.4, -0.2) is 11.2 Å². The third-order valence-corrected chi connectivity index (χ3v) is 2.62. The van der Waals surface area contributed by atoms with Gasteiger partial charge in [0.2, 0.25) is 5.82 Å². The number of carboxylic acid groups (broad SMARTS) is 1. The molecule has 0 aliphatic carbocycles. The number of halogens is 5. The lowest BCUT2D eigenvalue weighted by Gasteiger charge is -2.21. The van der Waals surface area contributed by atoms with E-state index in [9.17, 15) is 26.7 Å². The van der Waals surface area contributed by atoms with Gasteiger partial charge in [-0.15, -0.1) is 0 Å². The van der Waals surface area contributed by atoms with Gasteiger partial charge >= 0.3 is 6.09 Å². The molecule has 0 aliphatic heterocycles. The summed E-state index contributed by atoms with van der Waals surface area (Å²) in [6.45, 7) is 0. The van der Waals surface area contributed by atoms with E-state index in [1.807, 2.05) is 0 Å². The Hall–Kier alpha value is -2.64. The summed E-state index contributed by atoms with van der Waals surface area (Å²) >= 11 is 0. The number of benzene rings is 2. The second kappa shape index (κ2) is 5.39. The van der Waals surface area contributed by atoms with E-state index >= 15 is 0 Å². The van der Waals surface area contributed by atoms with Crippen LogP contribution >= 0.6 is 0 Å². The predicted molar refractivity (Wildman–Crippen MR) is 62.8 cm³/mol. The fourth-order valence-corrected chi connectivity index (χ4v) is 1.70. The summed E-state index contributed by atoms with van der Waals surface area (Å²) in [7, 11) is 0. The van der Waals surface area contributed by atoms with Crippen LogP contribution in [0.15, 0.2) is 30.3 Å². The molecule has 1 N–H and O–H groups in total. The lowest BCUT2D eigenvalue weighted by atomic mass is 10.2. The van der Waals surface area contributed by atoms with Crippen LogP contribution < -0.4 is 4.90 Å². The lowest BCUT2D eigenvalue weighted by Crippen LogP contribution is -2.27. The molecular formula is C13H6F5NO2. The molecule has 0 fully saturated rings. The van der Waals surface area contributed by atoms with Gasteiger partial charge < -0.3 is 5.11 Å². The minimum atomic E-state index is -2.35. The average molecular weight is 303 g/mol. The maximum atomic E-state index is 13.7. The minimum absolute atomic E-state index is 0.0176. The van der Waals surface area contributed by atoms with E-state index in [1.54, 1.807) is 0 Å². The smallest absolute Gasteiger partial charge is 0.416 e. The van der Waals surface area contributed by atoms with Crippen molar-refractivity contribution in [2.24, 2.45) is 0 Å². The first-order chi connectivity index (χ1) is 9.86. The van der Waals surface area contributed by atoms with Crippen molar-refractivity contribution in [3.8, 4) is 0 Å². The molecule has 21 heavy (non-hydrogen) atoms. The van der Waals surface area contributed by atoms with Crippen LogP contribution in [0.4, 0.5) is 38.1 Å². The van der Waals surface area contributed by atoms with Gasteiger partial charge in [0.05, 0.1) is 5.69 Å². The van der Waals surface area contributed by atoms with E-state index in [0.29, 0.717) is 0 Å². The van der Waals surface area contributed by atoms with Gasteiger partial charge in [0.25, 0.3) is 0 Å². The first kappa shape index (κ1) is 14.8. The molecule has 3 nitrogen and oxygen atoms in total. The number of amides is 1. The molecule has 0 saturated heterocycles. The van der Waals surface area contributed by atoms with E-state index in [-0.39, 0.29) is 10.6 Å². The summed E-state index contributed by atoms with van der Waals surface area (Å²) < 4.78 is 66.6. The second-order valence-electron chi connectivity index (χ2n) is 3.87. The van der Waals surface area contributed by atoms with Crippen LogP contribution in [0.25, 0.3) is 0 Å². The lowest BCUT2D eigenvalue weighted by molar-refractivity contribution is 0.204. The number of rotatable bonds is 2. The van der Waals surface area contributed by atoms with Gasteiger partial charge in [0.1, 0.15) is 5.69 Å². The standard InChI is InChI=1S/C13H6F5NO2/c14-7-8(15)10(17)12(11(18)9(7)16)19(13(20)21)6-4-2-1-3-5-6/h1-5H,(H,20,21). The molecule has 2 rings (SSSR count). The number of hydrogen-bond donors (Lipinski definition) is 1. The van der Waals surface area contributed by atoms with E-state index in [4.69, 9.17) is 5.11 Å².